The van der Waals surface area contributed by atoms with E-state index in [-0.39, 0.29) is 23.7 Å². The highest BCUT2D eigenvalue weighted by Crippen LogP contribution is 2.20. The molecule has 1 amide bonds. The van der Waals surface area contributed by atoms with Crippen molar-refractivity contribution in [2.75, 3.05) is 19.6 Å². The Bertz CT molecular complexity index is 256. The van der Waals surface area contributed by atoms with Crippen LogP contribution in [0, 0.1) is 0 Å². The van der Waals surface area contributed by atoms with Crippen LogP contribution in [0.25, 0.3) is 0 Å². The van der Waals surface area contributed by atoms with Gasteiger partial charge in [-0.05, 0) is 27.7 Å². The van der Waals surface area contributed by atoms with Crippen molar-refractivity contribution in [3.05, 3.63) is 0 Å². The standard InChI is InChI=1S/C13H26N2O2/c1-6-12(16)14-9-13(4,5)15-7-10(2)17-11(3)8-15/h10-11H,6-9H2,1-5H3,(H,14,16). The van der Waals surface area contributed by atoms with Gasteiger partial charge in [-0.15, -0.1) is 0 Å². The number of ether oxygens (including phenoxy) is 1. The predicted octanol–water partition coefficient (Wildman–Crippen LogP) is 1.40. The fourth-order valence-electron chi connectivity index (χ4n) is 2.22. The summed E-state index contributed by atoms with van der Waals surface area (Å²) in [5.74, 6) is 0.118. The highest BCUT2D eigenvalue weighted by molar-refractivity contribution is 5.75. The van der Waals surface area contributed by atoms with Crippen molar-refractivity contribution in [3.63, 3.8) is 0 Å². The van der Waals surface area contributed by atoms with Gasteiger partial charge in [0.15, 0.2) is 0 Å². The van der Waals surface area contributed by atoms with Crippen LogP contribution < -0.4 is 5.32 Å². The fourth-order valence-corrected chi connectivity index (χ4v) is 2.22. The van der Waals surface area contributed by atoms with E-state index >= 15 is 0 Å². The molecule has 1 aliphatic rings. The molecule has 0 bridgehead atoms. The average Bonchev–Trinajstić information content (AvgIpc) is 2.24. The molecule has 0 aliphatic carbocycles. The molecule has 2 unspecified atom stereocenters. The van der Waals surface area contributed by atoms with Crippen LogP contribution in [0.15, 0.2) is 0 Å². The smallest absolute Gasteiger partial charge is 0.219 e. The van der Waals surface area contributed by atoms with Crippen LogP contribution >= 0.6 is 0 Å². The van der Waals surface area contributed by atoms with Crippen molar-refractivity contribution in [1.29, 1.82) is 0 Å². The van der Waals surface area contributed by atoms with Crippen molar-refractivity contribution >= 4 is 5.91 Å². The van der Waals surface area contributed by atoms with E-state index in [0.717, 1.165) is 13.1 Å². The van der Waals surface area contributed by atoms with Crippen LogP contribution in [0.5, 0.6) is 0 Å². The molecule has 0 spiro atoms. The lowest BCUT2D eigenvalue weighted by Gasteiger charge is -2.45. The maximum atomic E-state index is 11.3. The van der Waals surface area contributed by atoms with Gasteiger partial charge >= 0.3 is 0 Å². The molecular weight excluding hydrogens is 216 g/mol. The fraction of sp³-hybridized carbons (Fsp3) is 0.923. The van der Waals surface area contributed by atoms with Gasteiger partial charge in [0.25, 0.3) is 0 Å². The predicted molar refractivity (Wildman–Crippen MR) is 69.0 cm³/mol. The summed E-state index contributed by atoms with van der Waals surface area (Å²) in [5, 5.41) is 2.98. The van der Waals surface area contributed by atoms with E-state index in [1.54, 1.807) is 0 Å². The van der Waals surface area contributed by atoms with E-state index in [2.05, 4.69) is 37.9 Å². The summed E-state index contributed by atoms with van der Waals surface area (Å²) in [6.07, 6.45) is 1.08. The molecule has 1 heterocycles. The monoisotopic (exact) mass is 242 g/mol. The number of nitrogens with one attached hydrogen (secondary N) is 1. The molecule has 4 heteroatoms. The molecule has 0 radical (unpaired) electrons. The molecule has 2 atom stereocenters. The number of hydrogen-bond acceptors (Lipinski definition) is 3. The van der Waals surface area contributed by atoms with E-state index in [1.807, 2.05) is 6.92 Å². The molecular formula is C13H26N2O2. The first-order valence-corrected chi connectivity index (χ1v) is 6.52. The molecule has 1 N–H and O–H groups in total. The minimum atomic E-state index is -0.0167. The second kappa shape index (κ2) is 5.83. The maximum Gasteiger partial charge on any atom is 0.219 e. The Morgan fingerprint density at radius 2 is 1.88 bits per heavy atom. The van der Waals surface area contributed by atoms with Crippen molar-refractivity contribution < 1.29 is 9.53 Å². The Hall–Kier alpha value is -0.610. The average molecular weight is 242 g/mol. The van der Waals surface area contributed by atoms with Gasteiger partial charge in [0, 0.05) is 31.6 Å². The lowest BCUT2D eigenvalue weighted by molar-refractivity contribution is -0.122. The highest BCUT2D eigenvalue weighted by Gasteiger charge is 2.33. The van der Waals surface area contributed by atoms with Gasteiger partial charge in [-0.25, -0.2) is 0 Å². The van der Waals surface area contributed by atoms with Crippen LogP contribution in [0.3, 0.4) is 0 Å². The third kappa shape index (κ3) is 4.28. The number of nitrogens with zero attached hydrogens (tertiary/aromatic N) is 1. The zero-order valence-electron chi connectivity index (χ0n) is 11.7. The summed E-state index contributed by atoms with van der Waals surface area (Å²) in [4.78, 5) is 13.7. The summed E-state index contributed by atoms with van der Waals surface area (Å²) in [5.41, 5.74) is -0.0167. The Balaban J connectivity index is 2.53. The SMILES string of the molecule is CCC(=O)NCC(C)(C)N1CC(C)OC(C)C1. The van der Waals surface area contributed by atoms with E-state index in [0.29, 0.717) is 13.0 Å². The first-order chi connectivity index (χ1) is 7.85. The van der Waals surface area contributed by atoms with Gasteiger partial charge in [-0.3, -0.25) is 9.69 Å². The Labute approximate surface area is 105 Å². The first kappa shape index (κ1) is 14.5. The largest absolute Gasteiger partial charge is 0.373 e. The van der Waals surface area contributed by atoms with Crippen molar-refractivity contribution in [1.82, 2.24) is 10.2 Å². The molecule has 17 heavy (non-hydrogen) atoms. The number of rotatable bonds is 4. The van der Waals surface area contributed by atoms with E-state index in [1.165, 1.54) is 0 Å². The summed E-state index contributed by atoms with van der Waals surface area (Å²) in [6.45, 7) is 13.0. The van der Waals surface area contributed by atoms with E-state index in [4.69, 9.17) is 4.74 Å². The first-order valence-electron chi connectivity index (χ1n) is 6.52. The number of carbonyl (C=O) groups excluding carboxylic acids is 1. The molecule has 1 saturated heterocycles. The molecule has 100 valence electrons. The second-order valence-corrected chi connectivity index (χ2v) is 5.61. The zero-order chi connectivity index (χ0) is 13.1. The van der Waals surface area contributed by atoms with Crippen molar-refractivity contribution in [3.8, 4) is 0 Å². The third-order valence-electron chi connectivity index (χ3n) is 3.31. The molecule has 1 rings (SSSR count). The number of carbonyl (C=O) groups is 1. The van der Waals surface area contributed by atoms with Crippen LogP contribution in [0.4, 0.5) is 0 Å². The molecule has 0 saturated carbocycles. The summed E-state index contributed by atoms with van der Waals surface area (Å²) in [7, 11) is 0. The normalized spacial score (nSPS) is 26.9. The molecule has 1 aliphatic heterocycles. The van der Waals surface area contributed by atoms with Gasteiger partial charge < -0.3 is 10.1 Å². The lowest BCUT2D eigenvalue weighted by Crippen LogP contribution is -2.58. The number of amides is 1. The van der Waals surface area contributed by atoms with Crippen molar-refractivity contribution in [2.24, 2.45) is 0 Å². The van der Waals surface area contributed by atoms with Crippen molar-refractivity contribution in [2.45, 2.75) is 58.8 Å². The molecule has 4 nitrogen and oxygen atoms in total. The van der Waals surface area contributed by atoms with Gasteiger partial charge in [0.1, 0.15) is 0 Å². The Morgan fingerprint density at radius 3 is 2.35 bits per heavy atom. The summed E-state index contributed by atoms with van der Waals surface area (Å²) < 4.78 is 5.73. The maximum absolute atomic E-state index is 11.3. The lowest BCUT2D eigenvalue weighted by atomic mass is 10.00. The van der Waals surface area contributed by atoms with Gasteiger partial charge in [0.05, 0.1) is 12.2 Å². The van der Waals surface area contributed by atoms with Crippen LogP contribution in [-0.4, -0.2) is 48.2 Å². The van der Waals surface area contributed by atoms with Crippen LogP contribution in [0.1, 0.15) is 41.0 Å². The van der Waals surface area contributed by atoms with Crippen LogP contribution in [0.2, 0.25) is 0 Å². The number of hydrogen-bond donors (Lipinski definition) is 1. The minimum Gasteiger partial charge on any atom is -0.373 e. The topological polar surface area (TPSA) is 41.6 Å². The molecule has 0 aromatic carbocycles. The van der Waals surface area contributed by atoms with Gasteiger partial charge in [0.2, 0.25) is 5.91 Å². The summed E-state index contributed by atoms with van der Waals surface area (Å²) in [6, 6.07) is 0. The second-order valence-electron chi connectivity index (χ2n) is 5.61. The van der Waals surface area contributed by atoms with E-state index < -0.39 is 0 Å². The highest BCUT2D eigenvalue weighted by atomic mass is 16.5. The van der Waals surface area contributed by atoms with Gasteiger partial charge in [-0.1, -0.05) is 6.92 Å². The quantitative estimate of drug-likeness (QED) is 0.810. The van der Waals surface area contributed by atoms with E-state index in [9.17, 15) is 4.79 Å². The molecule has 1 fully saturated rings. The number of morpholine rings is 1. The minimum absolute atomic E-state index is 0.0167. The Morgan fingerprint density at radius 1 is 1.35 bits per heavy atom. The Kier molecular flexibility index (Phi) is 4.95. The zero-order valence-corrected chi connectivity index (χ0v) is 11.7. The summed E-state index contributed by atoms with van der Waals surface area (Å²) >= 11 is 0. The molecule has 0 aromatic rings. The molecule has 0 aromatic heterocycles. The third-order valence-corrected chi connectivity index (χ3v) is 3.31. The van der Waals surface area contributed by atoms with Crippen LogP contribution in [-0.2, 0) is 9.53 Å². The van der Waals surface area contributed by atoms with Gasteiger partial charge in [-0.2, -0.15) is 0 Å².